The van der Waals surface area contributed by atoms with Gasteiger partial charge < -0.3 is 24.8 Å². The summed E-state index contributed by atoms with van der Waals surface area (Å²) in [6, 6.07) is 7.35. The van der Waals surface area contributed by atoms with Crippen LogP contribution in [0.3, 0.4) is 0 Å². The molecule has 2 N–H and O–H groups in total. The van der Waals surface area contributed by atoms with Gasteiger partial charge in [-0.05, 0) is 50.2 Å². The van der Waals surface area contributed by atoms with Crippen LogP contribution in [-0.4, -0.2) is 81.0 Å². The minimum atomic E-state index is -4.48. The topological polar surface area (TPSA) is 106 Å². The first-order chi connectivity index (χ1) is 19.2. The van der Waals surface area contributed by atoms with Crippen LogP contribution in [0.4, 0.5) is 18.9 Å². The first kappa shape index (κ1) is 30.2. The van der Waals surface area contributed by atoms with Gasteiger partial charge in [-0.25, -0.2) is 13.4 Å². The molecule has 220 valence electrons. The lowest BCUT2D eigenvalue weighted by Crippen LogP contribution is -2.48. The number of hydrogen-bond donors (Lipinski definition) is 2. The van der Waals surface area contributed by atoms with Crippen LogP contribution in [0.1, 0.15) is 29.3 Å². The number of likely N-dealkylation sites (tertiary alicyclic amines) is 1. The van der Waals surface area contributed by atoms with E-state index >= 15 is 0 Å². The molecule has 2 aromatic carbocycles. The fourth-order valence-corrected chi connectivity index (χ4v) is 5.51. The van der Waals surface area contributed by atoms with Crippen molar-refractivity contribution in [2.24, 2.45) is 5.92 Å². The average molecular weight is 592 g/mol. The molecule has 13 heteroatoms. The summed E-state index contributed by atoms with van der Waals surface area (Å²) in [6.07, 6.45) is -1.54. The molecular weight excluding hydrogens is 559 g/mol. The number of carbonyl (C=O) groups is 1. The molecule has 0 aliphatic carbocycles. The Bertz CT molecular complexity index is 1610. The molecule has 1 saturated heterocycles. The highest BCUT2D eigenvalue weighted by atomic mass is 32.2. The van der Waals surface area contributed by atoms with Crippen molar-refractivity contribution >= 4 is 32.5 Å². The minimum absolute atomic E-state index is 0.0750. The number of nitrogens with zero attached hydrogens (tertiary/aromatic N) is 3. The number of nitrogens with one attached hydrogen (secondary N) is 2. The summed E-state index contributed by atoms with van der Waals surface area (Å²) in [6.45, 7) is 2.56. The molecule has 2 atom stereocenters. The zero-order valence-corrected chi connectivity index (χ0v) is 24.0. The standard InChI is InChI=1S/C28H32F3N5O4S/c1-18-15-35(2)11-9-22(18)34-27(37)21-12-19(13-24-26(21)33-17-36(24)16-28(29,30)31)6-5-10-32-23-8-7-20(41(4,38)39)14-25(23)40-3/h7-8,12-14,17-18,22,32H,9-11,15-16H2,1-4H3,(H,34,37)/t18-,22+/m0/s1. The molecule has 41 heavy (non-hydrogen) atoms. The summed E-state index contributed by atoms with van der Waals surface area (Å²) in [5.41, 5.74) is 1.35. The van der Waals surface area contributed by atoms with Crippen LogP contribution in [0.25, 0.3) is 11.0 Å². The number of aromatic nitrogens is 2. The van der Waals surface area contributed by atoms with Gasteiger partial charge in [0.1, 0.15) is 17.8 Å². The maximum Gasteiger partial charge on any atom is 0.406 e. The molecule has 1 aliphatic heterocycles. The molecule has 4 rings (SSSR count). The predicted molar refractivity (Wildman–Crippen MR) is 150 cm³/mol. The fourth-order valence-electron chi connectivity index (χ4n) is 4.88. The number of alkyl halides is 3. The summed E-state index contributed by atoms with van der Waals surface area (Å²) in [4.78, 5) is 19.8. The van der Waals surface area contributed by atoms with Crippen LogP contribution in [0.2, 0.25) is 0 Å². The van der Waals surface area contributed by atoms with E-state index in [1.54, 1.807) is 6.07 Å². The van der Waals surface area contributed by atoms with Crippen molar-refractivity contribution in [1.82, 2.24) is 19.8 Å². The lowest BCUT2D eigenvalue weighted by molar-refractivity contribution is -0.139. The number of sulfone groups is 1. The molecule has 1 amide bonds. The van der Waals surface area contributed by atoms with Crippen molar-refractivity contribution in [3.05, 3.63) is 47.8 Å². The largest absolute Gasteiger partial charge is 0.495 e. The molecule has 1 aromatic heterocycles. The SMILES string of the molecule is COc1cc(S(C)(=O)=O)ccc1NCC#Cc1cc(C(=O)N[C@@H]2CCN(C)C[C@@H]2C)c2ncn(CC(F)(F)F)c2c1. The number of benzene rings is 2. The van der Waals surface area contributed by atoms with Crippen LogP contribution >= 0.6 is 0 Å². The highest BCUT2D eigenvalue weighted by Crippen LogP contribution is 2.28. The van der Waals surface area contributed by atoms with Gasteiger partial charge in [-0.2, -0.15) is 13.2 Å². The summed E-state index contributed by atoms with van der Waals surface area (Å²) in [7, 11) is 0.0141. The number of ether oxygens (including phenoxy) is 1. The van der Waals surface area contributed by atoms with Gasteiger partial charge in [0.25, 0.3) is 5.91 Å². The second-order valence-electron chi connectivity index (χ2n) is 10.3. The number of anilines is 1. The van der Waals surface area contributed by atoms with Gasteiger partial charge in [-0.1, -0.05) is 18.8 Å². The molecule has 1 fully saturated rings. The van der Waals surface area contributed by atoms with Crippen LogP contribution in [0.15, 0.2) is 41.6 Å². The third kappa shape index (κ3) is 7.51. The second kappa shape index (κ2) is 12.0. The zero-order chi connectivity index (χ0) is 29.9. The molecule has 0 unspecified atom stereocenters. The Hall–Kier alpha value is -3.76. The monoisotopic (exact) mass is 591 g/mol. The zero-order valence-electron chi connectivity index (χ0n) is 23.2. The Morgan fingerprint density at radius 3 is 2.66 bits per heavy atom. The van der Waals surface area contributed by atoms with E-state index in [4.69, 9.17) is 4.74 Å². The number of imidazole rings is 1. The van der Waals surface area contributed by atoms with Gasteiger partial charge >= 0.3 is 6.18 Å². The Morgan fingerprint density at radius 2 is 2.00 bits per heavy atom. The van der Waals surface area contributed by atoms with Gasteiger partial charge in [-0.3, -0.25) is 4.79 Å². The molecule has 0 saturated carbocycles. The van der Waals surface area contributed by atoms with E-state index in [0.717, 1.165) is 36.7 Å². The number of carbonyl (C=O) groups excluding carboxylic acids is 1. The Kier molecular flexibility index (Phi) is 8.84. The first-order valence-electron chi connectivity index (χ1n) is 12.9. The van der Waals surface area contributed by atoms with Gasteiger partial charge in [-0.15, -0.1) is 0 Å². The molecule has 0 spiro atoms. The van der Waals surface area contributed by atoms with E-state index in [9.17, 15) is 26.4 Å². The number of fused-ring (bicyclic) bond motifs is 1. The lowest BCUT2D eigenvalue weighted by atomic mass is 9.93. The highest BCUT2D eigenvalue weighted by molar-refractivity contribution is 7.90. The number of rotatable bonds is 7. The number of halogens is 3. The second-order valence-corrected chi connectivity index (χ2v) is 12.3. The van der Waals surface area contributed by atoms with Crippen molar-refractivity contribution in [2.75, 3.05) is 45.4 Å². The van der Waals surface area contributed by atoms with Gasteiger partial charge in [0.15, 0.2) is 9.84 Å². The van der Waals surface area contributed by atoms with E-state index in [1.807, 2.05) is 14.0 Å². The molecular formula is C28H32F3N5O4S. The number of amides is 1. The molecule has 1 aliphatic rings. The molecule has 3 aromatic rings. The molecule has 0 radical (unpaired) electrons. The van der Waals surface area contributed by atoms with Crippen LogP contribution in [0, 0.1) is 17.8 Å². The van der Waals surface area contributed by atoms with Gasteiger partial charge in [0, 0.05) is 30.5 Å². The first-order valence-corrected chi connectivity index (χ1v) is 14.8. The summed E-state index contributed by atoms with van der Waals surface area (Å²) in [5.74, 6) is 5.93. The number of methoxy groups -OCH3 is 1. The quantitative estimate of drug-likeness (QED) is 0.405. The molecule has 2 heterocycles. The maximum absolute atomic E-state index is 13.4. The van der Waals surface area contributed by atoms with E-state index in [1.165, 1.54) is 31.4 Å². The van der Waals surface area contributed by atoms with Crippen LogP contribution in [0.5, 0.6) is 5.75 Å². The van der Waals surface area contributed by atoms with Crippen molar-refractivity contribution in [3.8, 4) is 17.6 Å². The third-order valence-electron chi connectivity index (χ3n) is 6.95. The smallest absolute Gasteiger partial charge is 0.406 e. The Labute approximate surface area is 237 Å². The van der Waals surface area contributed by atoms with Gasteiger partial charge in [0.2, 0.25) is 0 Å². The molecule has 0 bridgehead atoms. The van der Waals surface area contributed by atoms with Crippen molar-refractivity contribution in [2.45, 2.75) is 37.0 Å². The predicted octanol–water partition coefficient (Wildman–Crippen LogP) is 3.54. The lowest BCUT2D eigenvalue weighted by Gasteiger charge is -2.35. The fraction of sp³-hybridized carbons (Fsp3) is 0.429. The Balaban J connectivity index is 1.61. The maximum atomic E-state index is 13.4. The van der Waals surface area contributed by atoms with E-state index in [0.29, 0.717) is 17.0 Å². The van der Waals surface area contributed by atoms with Crippen molar-refractivity contribution in [3.63, 3.8) is 0 Å². The van der Waals surface area contributed by atoms with Crippen LogP contribution < -0.4 is 15.4 Å². The highest BCUT2D eigenvalue weighted by Gasteiger charge is 2.30. The van der Waals surface area contributed by atoms with E-state index in [2.05, 4.69) is 32.4 Å². The summed E-state index contributed by atoms with van der Waals surface area (Å²) >= 11 is 0. The summed E-state index contributed by atoms with van der Waals surface area (Å²) < 4.78 is 69.6. The van der Waals surface area contributed by atoms with Crippen molar-refractivity contribution < 1.29 is 31.1 Å². The van der Waals surface area contributed by atoms with Crippen LogP contribution in [-0.2, 0) is 16.4 Å². The normalized spacial score (nSPS) is 18.0. The number of hydrogen-bond acceptors (Lipinski definition) is 7. The Morgan fingerprint density at radius 1 is 1.24 bits per heavy atom. The minimum Gasteiger partial charge on any atom is -0.495 e. The van der Waals surface area contributed by atoms with E-state index < -0.39 is 28.5 Å². The third-order valence-corrected chi connectivity index (χ3v) is 8.06. The van der Waals surface area contributed by atoms with E-state index in [-0.39, 0.29) is 40.0 Å². The average Bonchev–Trinajstić information content (AvgIpc) is 3.28. The van der Waals surface area contributed by atoms with Gasteiger partial charge in [0.05, 0.1) is 41.6 Å². The number of piperidine rings is 1. The summed E-state index contributed by atoms with van der Waals surface area (Å²) in [5, 5.41) is 6.09. The van der Waals surface area contributed by atoms with Crippen molar-refractivity contribution in [1.29, 1.82) is 0 Å². The molecule has 9 nitrogen and oxygen atoms in total.